The van der Waals surface area contributed by atoms with Crippen LogP contribution in [-0.4, -0.2) is 21.5 Å². The highest BCUT2D eigenvalue weighted by Crippen LogP contribution is 2.33. The maximum absolute atomic E-state index is 11.7. The van der Waals surface area contributed by atoms with E-state index in [1.54, 1.807) is 20.8 Å². The Balaban J connectivity index is 3.20. The predicted molar refractivity (Wildman–Crippen MR) is 74.3 cm³/mol. The van der Waals surface area contributed by atoms with Crippen molar-refractivity contribution in [1.29, 1.82) is 0 Å². The van der Waals surface area contributed by atoms with Gasteiger partial charge in [-0.3, -0.25) is 25.5 Å². The van der Waals surface area contributed by atoms with Crippen LogP contribution in [0, 0.1) is 27.2 Å². The Labute approximate surface area is 120 Å². The highest BCUT2D eigenvalue weighted by Gasteiger charge is 2.25. The Hall–Kier alpha value is -2.71. The number of aryl methyl sites for hydroxylation is 1. The summed E-state index contributed by atoms with van der Waals surface area (Å²) in [6.45, 7) is 6.35. The second-order valence-electron chi connectivity index (χ2n) is 5.30. The van der Waals surface area contributed by atoms with E-state index in [0.717, 1.165) is 12.1 Å². The summed E-state index contributed by atoms with van der Waals surface area (Å²) in [5.41, 5.74) is -1.68. The van der Waals surface area contributed by atoms with E-state index in [9.17, 15) is 25.0 Å². The van der Waals surface area contributed by atoms with Crippen LogP contribution in [0.1, 0.15) is 26.3 Å². The smallest absolute Gasteiger partial charge is 0.412 e. The van der Waals surface area contributed by atoms with Crippen molar-refractivity contribution in [3.8, 4) is 0 Å². The van der Waals surface area contributed by atoms with Crippen molar-refractivity contribution in [3.05, 3.63) is 37.9 Å². The summed E-state index contributed by atoms with van der Waals surface area (Å²) in [6.07, 6.45) is -0.873. The minimum Gasteiger partial charge on any atom is -0.444 e. The van der Waals surface area contributed by atoms with Gasteiger partial charge in [-0.15, -0.1) is 0 Å². The van der Waals surface area contributed by atoms with Crippen molar-refractivity contribution in [3.63, 3.8) is 0 Å². The van der Waals surface area contributed by atoms with Crippen molar-refractivity contribution in [2.45, 2.75) is 33.3 Å². The quantitative estimate of drug-likeness (QED) is 0.674. The summed E-state index contributed by atoms with van der Waals surface area (Å²) in [7, 11) is 0. The third-order valence-corrected chi connectivity index (χ3v) is 2.33. The number of nitro groups is 2. The Kier molecular flexibility index (Phi) is 4.46. The number of ether oxygens (including phenoxy) is 1. The van der Waals surface area contributed by atoms with E-state index in [4.69, 9.17) is 4.74 Å². The summed E-state index contributed by atoms with van der Waals surface area (Å²) in [6, 6.07) is 1.93. The van der Waals surface area contributed by atoms with Crippen LogP contribution < -0.4 is 5.32 Å². The molecule has 1 N–H and O–H groups in total. The van der Waals surface area contributed by atoms with Crippen molar-refractivity contribution < 1.29 is 19.4 Å². The number of nitrogens with one attached hydrogen (secondary N) is 1. The molecule has 0 aromatic heterocycles. The molecule has 9 heteroatoms. The molecule has 0 unspecified atom stereocenters. The van der Waals surface area contributed by atoms with E-state index < -0.39 is 32.9 Å². The van der Waals surface area contributed by atoms with Crippen LogP contribution in [0.15, 0.2) is 12.1 Å². The summed E-state index contributed by atoms with van der Waals surface area (Å²) >= 11 is 0. The molecule has 21 heavy (non-hydrogen) atoms. The van der Waals surface area contributed by atoms with Crippen LogP contribution in [0.5, 0.6) is 0 Å². The fourth-order valence-corrected chi connectivity index (χ4v) is 1.57. The van der Waals surface area contributed by atoms with Gasteiger partial charge >= 0.3 is 6.09 Å². The van der Waals surface area contributed by atoms with Crippen molar-refractivity contribution in [2.24, 2.45) is 0 Å². The van der Waals surface area contributed by atoms with Gasteiger partial charge in [-0.1, -0.05) is 0 Å². The summed E-state index contributed by atoms with van der Waals surface area (Å²) in [4.78, 5) is 31.9. The first-order valence-corrected chi connectivity index (χ1v) is 5.94. The molecular formula is C12H15N3O6. The number of carbonyl (C=O) groups excluding carboxylic acids is 1. The molecule has 1 rings (SSSR count). The average molecular weight is 297 g/mol. The lowest BCUT2D eigenvalue weighted by atomic mass is 10.1. The van der Waals surface area contributed by atoms with Crippen LogP contribution in [0.3, 0.4) is 0 Å². The van der Waals surface area contributed by atoms with Gasteiger partial charge in [-0.25, -0.2) is 4.79 Å². The molecule has 1 aromatic rings. The molecule has 0 saturated carbocycles. The maximum Gasteiger partial charge on any atom is 0.412 e. The molecule has 0 aliphatic carbocycles. The normalized spacial score (nSPS) is 10.9. The molecule has 0 bridgehead atoms. The molecule has 1 aromatic carbocycles. The number of hydrogen-bond acceptors (Lipinski definition) is 6. The first kappa shape index (κ1) is 16.3. The number of anilines is 1. The van der Waals surface area contributed by atoms with E-state index in [0.29, 0.717) is 0 Å². The molecule has 9 nitrogen and oxygen atoms in total. The number of nitro benzene ring substituents is 2. The van der Waals surface area contributed by atoms with Crippen LogP contribution >= 0.6 is 0 Å². The van der Waals surface area contributed by atoms with Crippen LogP contribution in [-0.2, 0) is 4.74 Å². The van der Waals surface area contributed by atoms with Crippen molar-refractivity contribution >= 4 is 23.2 Å². The van der Waals surface area contributed by atoms with Gasteiger partial charge in [0.1, 0.15) is 11.3 Å². The maximum atomic E-state index is 11.7. The summed E-state index contributed by atoms with van der Waals surface area (Å²) in [5.74, 6) is 0. The first-order chi connectivity index (χ1) is 9.51. The standard InChI is InChI=1S/C12H15N3O6/c1-7-5-8(14(17)18)6-9(15(19)20)10(7)13-11(16)21-12(2,3)4/h5-6H,1-4H3,(H,13,16). The summed E-state index contributed by atoms with van der Waals surface area (Å²) < 4.78 is 5.00. The minimum absolute atomic E-state index is 0.125. The SMILES string of the molecule is Cc1cc([N+](=O)[O-])cc([N+](=O)[O-])c1NC(=O)OC(C)(C)C. The van der Waals surface area contributed by atoms with Crippen LogP contribution in [0.25, 0.3) is 0 Å². The van der Waals surface area contributed by atoms with Gasteiger partial charge in [0, 0.05) is 6.07 Å². The van der Waals surface area contributed by atoms with E-state index in [1.165, 1.54) is 6.92 Å². The minimum atomic E-state index is -0.873. The Morgan fingerprint density at radius 2 is 1.76 bits per heavy atom. The zero-order chi connectivity index (χ0) is 16.4. The second kappa shape index (κ2) is 5.73. The zero-order valence-electron chi connectivity index (χ0n) is 12.0. The third kappa shape index (κ3) is 4.41. The van der Waals surface area contributed by atoms with E-state index in [2.05, 4.69) is 5.32 Å². The highest BCUT2D eigenvalue weighted by molar-refractivity contribution is 5.90. The predicted octanol–water partition coefficient (Wildman–Crippen LogP) is 3.16. The van der Waals surface area contributed by atoms with Gasteiger partial charge in [-0.05, 0) is 33.3 Å². The molecule has 1 amide bonds. The summed E-state index contributed by atoms with van der Waals surface area (Å²) in [5, 5.41) is 24.0. The number of nitrogens with zero attached hydrogens (tertiary/aromatic N) is 2. The molecule has 0 aliphatic heterocycles. The Morgan fingerprint density at radius 3 is 2.19 bits per heavy atom. The largest absolute Gasteiger partial charge is 0.444 e. The number of rotatable bonds is 3. The molecule has 0 fully saturated rings. The fraction of sp³-hybridized carbons (Fsp3) is 0.417. The number of amides is 1. The molecule has 0 radical (unpaired) electrons. The van der Waals surface area contributed by atoms with Crippen molar-refractivity contribution in [1.82, 2.24) is 0 Å². The molecule has 0 atom stereocenters. The van der Waals surface area contributed by atoms with Gasteiger partial charge in [-0.2, -0.15) is 0 Å². The molecular weight excluding hydrogens is 282 g/mol. The van der Waals surface area contributed by atoms with Gasteiger partial charge in [0.05, 0.1) is 15.9 Å². The fourth-order valence-electron chi connectivity index (χ4n) is 1.57. The number of benzene rings is 1. The van der Waals surface area contributed by atoms with E-state index in [-0.39, 0.29) is 11.3 Å². The lowest BCUT2D eigenvalue weighted by Crippen LogP contribution is -2.27. The average Bonchev–Trinajstić information content (AvgIpc) is 2.28. The lowest BCUT2D eigenvalue weighted by molar-refractivity contribution is -0.393. The van der Waals surface area contributed by atoms with Gasteiger partial charge in [0.15, 0.2) is 0 Å². The first-order valence-electron chi connectivity index (χ1n) is 5.94. The topological polar surface area (TPSA) is 125 Å². The number of non-ortho nitro benzene ring substituents is 1. The van der Waals surface area contributed by atoms with Crippen LogP contribution in [0.2, 0.25) is 0 Å². The lowest BCUT2D eigenvalue weighted by Gasteiger charge is -2.20. The Bertz CT molecular complexity index is 606. The van der Waals surface area contributed by atoms with Gasteiger partial charge in [0.25, 0.3) is 11.4 Å². The second-order valence-corrected chi connectivity index (χ2v) is 5.30. The molecule has 114 valence electrons. The Morgan fingerprint density at radius 1 is 1.19 bits per heavy atom. The van der Waals surface area contributed by atoms with Crippen molar-refractivity contribution in [2.75, 3.05) is 5.32 Å². The number of carbonyl (C=O) groups is 1. The van der Waals surface area contributed by atoms with Gasteiger partial charge < -0.3 is 4.74 Å². The molecule has 0 aliphatic rings. The molecule has 0 heterocycles. The van der Waals surface area contributed by atoms with E-state index in [1.807, 2.05) is 0 Å². The van der Waals surface area contributed by atoms with E-state index >= 15 is 0 Å². The molecule has 0 saturated heterocycles. The monoisotopic (exact) mass is 297 g/mol. The molecule has 0 spiro atoms. The third-order valence-electron chi connectivity index (χ3n) is 2.33. The van der Waals surface area contributed by atoms with Gasteiger partial charge in [0.2, 0.25) is 0 Å². The van der Waals surface area contributed by atoms with Crippen LogP contribution in [0.4, 0.5) is 21.9 Å². The number of hydrogen-bond donors (Lipinski definition) is 1. The zero-order valence-corrected chi connectivity index (χ0v) is 12.0. The highest BCUT2D eigenvalue weighted by atomic mass is 16.6.